The second-order valence-electron chi connectivity index (χ2n) is 5.67. The van der Waals surface area contributed by atoms with E-state index < -0.39 is 10.0 Å². The number of nitrogens with one attached hydrogen (secondary N) is 3. The Hall–Kier alpha value is -1.01. The molecular formula is C17H24Cl2IN5O2S. The summed E-state index contributed by atoms with van der Waals surface area (Å²) >= 11 is 12.1. The average Bonchev–Trinajstić information content (AvgIpc) is 2.90. The van der Waals surface area contributed by atoms with Gasteiger partial charge in [-0.15, -0.1) is 24.0 Å². The summed E-state index contributed by atoms with van der Waals surface area (Å²) in [5.41, 5.74) is 0.868. The molecule has 0 bridgehead atoms. The van der Waals surface area contributed by atoms with Crippen LogP contribution < -0.4 is 15.4 Å². The Morgan fingerprint density at radius 3 is 2.39 bits per heavy atom. The number of benzene rings is 1. The summed E-state index contributed by atoms with van der Waals surface area (Å²) in [6.45, 7) is 3.62. The highest BCUT2D eigenvalue weighted by Gasteiger charge is 2.12. The van der Waals surface area contributed by atoms with Gasteiger partial charge in [-0.2, -0.15) is 0 Å². The third-order valence-corrected chi connectivity index (χ3v) is 6.04. The fraction of sp³-hybridized carbons (Fsp3) is 0.353. The molecule has 0 aliphatic carbocycles. The van der Waals surface area contributed by atoms with Crippen LogP contribution in [0.15, 0.2) is 46.3 Å². The van der Waals surface area contributed by atoms with Gasteiger partial charge in [0.15, 0.2) is 5.96 Å². The molecule has 0 fully saturated rings. The molecule has 156 valence electrons. The zero-order chi connectivity index (χ0) is 19.9. The highest BCUT2D eigenvalue weighted by molar-refractivity contribution is 14.0. The van der Waals surface area contributed by atoms with Gasteiger partial charge in [-0.05, 0) is 25.1 Å². The van der Waals surface area contributed by atoms with E-state index in [0.717, 1.165) is 5.69 Å². The topological polar surface area (TPSA) is 87.5 Å². The number of hydrogen-bond acceptors (Lipinski definition) is 3. The lowest BCUT2D eigenvalue weighted by Crippen LogP contribution is -2.41. The predicted octanol–water partition coefficient (Wildman–Crippen LogP) is 2.98. The van der Waals surface area contributed by atoms with Crippen molar-refractivity contribution >= 4 is 63.2 Å². The first-order chi connectivity index (χ1) is 12.8. The molecule has 28 heavy (non-hydrogen) atoms. The number of nitrogens with zero attached hydrogens (tertiary/aromatic N) is 2. The average molecular weight is 560 g/mol. The van der Waals surface area contributed by atoms with Crippen LogP contribution in [-0.2, 0) is 23.6 Å². The molecule has 0 unspecified atom stereocenters. The van der Waals surface area contributed by atoms with Gasteiger partial charge in [0, 0.05) is 32.4 Å². The summed E-state index contributed by atoms with van der Waals surface area (Å²) in [6.07, 6.45) is 0. The van der Waals surface area contributed by atoms with Crippen LogP contribution in [0.2, 0.25) is 10.2 Å². The number of sulfonamides is 1. The van der Waals surface area contributed by atoms with Crippen molar-refractivity contribution in [2.75, 3.05) is 19.6 Å². The van der Waals surface area contributed by atoms with Crippen LogP contribution in [0.25, 0.3) is 0 Å². The Morgan fingerprint density at radius 2 is 1.82 bits per heavy atom. The second kappa shape index (κ2) is 11.9. The zero-order valence-corrected chi connectivity index (χ0v) is 20.2. The second-order valence-corrected chi connectivity index (χ2v) is 8.20. The Morgan fingerprint density at radius 1 is 1.14 bits per heavy atom. The Labute approximate surface area is 193 Å². The predicted molar refractivity (Wildman–Crippen MR) is 125 cm³/mol. The number of aliphatic imine (C=N–C) groups is 1. The Balaban J connectivity index is 0.00000392. The molecule has 0 spiro atoms. The molecule has 0 saturated heterocycles. The van der Waals surface area contributed by atoms with E-state index in [1.165, 1.54) is 0 Å². The van der Waals surface area contributed by atoms with Crippen molar-refractivity contribution in [2.24, 2.45) is 12.0 Å². The fourth-order valence-electron chi connectivity index (χ4n) is 2.29. The van der Waals surface area contributed by atoms with Gasteiger partial charge in [-0.25, -0.2) is 18.1 Å². The summed E-state index contributed by atoms with van der Waals surface area (Å²) in [6, 6.07) is 10.0. The highest BCUT2D eigenvalue weighted by Crippen LogP contribution is 2.25. The molecule has 7 nitrogen and oxygen atoms in total. The van der Waals surface area contributed by atoms with Crippen molar-refractivity contribution in [1.82, 2.24) is 19.9 Å². The van der Waals surface area contributed by atoms with Crippen LogP contribution in [0.1, 0.15) is 12.6 Å². The van der Waals surface area contributed by atoms with E-state index in [9.17, 15) is 8.42 Å². The van der Waals surface area contributed by atoms with E-state index in [1.807, 2.05) is 14.0 Å². The van der Waals surface area contributed by atoms with Crippen molar-refractivity contribution < 1.29 is 8.42 Å². The molecule has 2 rings (SSSR count). The lowest BCUT2D eigenvalue weighted by Gasteiger charge is -2.12. The first kappa shape index (κ1) is 25.0. The zero-order valence-electron chi connectivity index (χ0n) is 15.6. The smallest absolute Gasteiger partial charge is 0.240 e. The SMILES string of the molecule is CCNC(=NCc1cc(Cl)c(Cl)n1C)NCCNS(=O)(=O)c1ccccc1.I. The minimum Gasteiger partial charge on any atom is -0.357 e. The van der Waals surface area contributed by atoms with Crippen molar-refractivity contribution in [3.8, 4) is 0 Å². The maximum Gasteiger partial charge on any atom is 0.240 e. The quantitative estimate of drug-likeness (QED) is 0.201. The number of hydrogen-bond donors (Lipinski definition) is 3. The largest absolute Gasteiger partial charge is 0.357 e. The third-order valence-electron chi connectivity index (χ3n) is 3.72. The molecule has 0 aliphatic heterocycles. The molecule has 11 heteroatoms. The molecule has 2 aromatic rings. The summed E-state index contributed by atoms with van der Waals surface area (Å²) in [5.74, 6) is 0.574. The fourth-order valence-corrected chi connectivity index (χ4v) is 3.76. The van der Waals surface area contributed by atoms with E-state index in [-0.39, 0.29) is 35.4 Å². The molecule has 0 radical (unpaired) electrons. The number of aromatic nitrogens is 1. The number of guanidine groups is 1. The molecule has 0 amide bonds. The van der Waals surface area contributed by atoms with Crippen molar-refractivity contribution in [1.29, 1.82) is 0 Å². The standard InChI is InChI=1S/C17H23Cl2N5O2S.HI/c1-3-20-17(22-12-13-11-15(18)16(19)24(13)2)21-9-10-23-27(25,26)14-7-5-4-6-8-14;/h4-8,11,23H,3,9-10,12H2,1-2H3,(H2,20,21,22);1H. The van der Waals surface area contributed by atoms with Gasteiger partial charge < -0.3 is 15.2 Å². The molecule has 0 aliphatic rings. The van der Waals surface area contributed by atoms with Gasteiger partial charge in [-0.1, -0.05) is 41.4 Å². The van der Waals surface area contributed by atoms with E-state index in [0.29, 0.717) is 35.8 Å². The summed E-state index contributed by atoms with van der Waals surface area (Å²) < 4.78 is 28.7. The van der Waals surface area contributed by atoms with Crippen LogP contribution >= 0.6 is 47.2 Å². The summed E-state index contributed by atoms with van der Waals surface area (Å²) in [5, 5.41) is 7.15. The van der Waals surface area contributed by atoms with Crippen molar-refractivity contribution in [3.05, 3.63) is 52.3 Å². The summed E-state index contributed by atoms with van der Waals surface area (Å²) in [7, 11) is -1.70. The Bertz CT molecular complexity index is 888. The molecule has 1 heterocycles. The Kier molecular flexibility index (Phi) is 10.6. The first-order valence-electron chi connectivity index (χ1n) is 8.41. The maximum atomic E-state index is 12.2. The van der Waals surface area contributed by atoms with E-state index in [4.69, 9.17) is 23.2 Å². The van der Waals surface area contributed by atoms with Gasteiger partial charge in [-0.3, -0.25) is 0 Å². The van der Waals surface area contributed by atoms with E-state index in [2.05, 4.69) is 20.3 Å². The molecule has 3 N–H and O–H groups in total. The number of halogens is 3. The van der Waals surface area contributed by atoms with Gasteiger partial charge in [0.2, 0.25) is 10.0 Å². The van der Waals surface area contributed by atoms with Crippen LogP contribution in [-0.4, -0.2) is 38.6 Å². The van der Waals surface area contributed by atoms with Crippen LogP contribution in [0, 0.1) is 0 Å². The van der Waals surface area contributed by atoms with Crippen molar-refractivity contribution in [3.63, 3.8) is 0 Å². The molecule has 1 aromatic heterocycles. The van der Waals surface area contributed by atoms with Gasteiger partial charge in [0.1, 0.15) is 5.15 Å². The minimum absolute atomic E-state index is 0. The first-order valence-corrected chi connectivity index (χ1v) is 10.7. The molecule has 0 atom stereocenters. The molecule has 1 aromatic carbocycles. The van der Waals surface area contributed by atoms with Crippen molar-refractivity contribution in [2.45, 2.75) is 18.4 Å². The summed E-state index contributed by atoms with van der Waals surface area (Å²) in [4.78, 5) is 4.71. The van der Waals surface area contributed by atoms with E-state index >= 15 is 0 Å². The van der Waals surface area contributed by atoms with Gasteiger partial charge in [0.05, 0.1) is 16.5 Å². The maximum absolute atomic E-state index is 12.2. The highest BCUT2D eigenvalue weighted by atomic mass is 127. The third kappa shape index (κ3) is 7.11. The monoisotopic (exact) mass is 559 g/mol. The van der Waals surface area contributed by atoms with Gasteiger partial charge in [0.25, 0.3) is 0 Å². The lowest BCUT2D eigenvalue weighted by atomic mass is 10.4. The normalized spacial score (nSPS) is 11.8. The van der Waals surface area contributed by atoms with Crippen LogP contribution in [0.4, 0.5) is 0 Å². The van der Waals surface area contributed by atoms with Crippen LogP contribution in [0.3, 0.4) is 0 Å². The van der Waals surface area contributed by atoms with Crippen LogP contribution in [0.5, 0.6) is 0 Å². The number of rotatable bonds is 8. The van der Waals surface area contributed by atoms with Gasteiger partial charge >= 0.3 is 0 Å². The molecular weight excluding hydrogens is 536 g/mol. The minimum atomic E-state index is -3.52. The molecule has 0 saturated carbocycles. The lowest BCUT2D eigenvalue weighted by molar-refractivity contribution is 0.580. The van der Waals surface area contributed by atoms with E-state index in [1.54, 1.807) is 41.0 Å².